The lowest BCUT2D eigenvalue weighted by Gasteiger charge is -2.15. The number of hydrogen-bond donors (Lipinski definition) is 1. The molecule has 5 heteroatoms. The lowest BCUT2D eigenvalue weighted by Crippen LogP contribution is -2.34. The van der Waals surface area contributed by atoms with Gasteiger partial charge in [0.1, 0.15) is 11.3 Å². The molecule has 102 valence electrons. The Hall–Kier alpha value is -1.46. The SMILES string of the molecule is CCCNC1COCC1c1nc2cc(F)ccc2o1. The van der Waals surface area contributed by atoms with E-state index in [4.69, 9.17) is 9.15 Å². The van der Waals surface area contributed by atoms with Gasteiger partial charge in [-0.15, -0.1) is 0 Å². The van der Waals surface area contributed by atoms with Crippen molar-refractivity contribution in [2.24, 2.45) is 0 Å². The van der Waals surface area contributed by atoms with Gasteiger partial charge in [-0.3, -0.25) is 0 Å². The standard InChI is InChI=1S/C14H17FN2O2/c1-2-5-16-12-8-18-7-10(12)14-17-11-6-9(15)3-4-13(11)19-14/h3-4,6,10,12,16H,2,5,7-8H2,1H3. The predicted molar refractivity (Wildman–Crippen MR) is 69.6 cm³/mol. The third-order valence-corrected chi connectivity index (χ3v) is 3.42. The Kier molecular flexibility index (Phi) is 3.48. The largest absolute Gasteiger partial charge is 0.440 e. The first-order valence-corrected chi connectivity index (χ1v) is 6.65. The maximum atomic E-state index is 13.1. The van der Waals surface area contributed by atoms with E-state index in [1.165, 1.54) is 12.1 Å². The molecular formula is C14H17FN2O2. The summed E-state index contributed by atoms with van der Waals surface area (Å²) in [6, 6.07) is 4.62. The van der Waals surface area contributed by atoms with Gasteiger partial charge in [0.2, 0.25) is 5.89 Å². The third-order valence-electron chi connectivity index (χ3n) is 3.42. The number of benzene rings is 1. The van der Waals surface area contributed by atoms with Crippen molar-refractivity contribution in [1.29, 1.82) is 0 Å². The van der Waals surface area contributed by atoms with Crippen LogP contribution in [0.2, 0.25) is 0 Å². The van der Waals surface area contributed by atoms with Gasteiger partial charge in [-0.1, -0.05) is 6.92 Å². The molecule has 0 radical (unpaired) electrons. The van der Waals surface area contributed by atoms with E-state index in [-0.39, 0.29) is 17.8 Å². The van der Waals surface area contributed by atoms with E-state index in [9.17, 15) is 4.39 Å². The molecule has 0 amide bonds. The van der Waals surface area contributed by atoms with E-state index in [1.54, 1.807) is 6.07 Å². The number of nitrogens with one attached hydrogen (secondary N) is 1. The molecule has 1 aliphatic rings. The molecule has 1 saturated heterocycles. The van der Waals surface area contributed by atoms with Crippen molar-refractivity contribution < 1.29 is 13.5 Å². The number of oxazole rings is 1. The summed E-state index contributed by atoms with van der Waals surface area (Å²) in [6.07, 6.45) is 1.07. The first-order chi connectivity index (χ1) is 9.28. The van der Waals surface area contributed by atoms with Crippen molar-refractivity contribution in [1.82, 2.24) is 10.3 Å². The van der Waals surface area contributed by atoms with Crippen molar-refractivity contribution in [2.75, 3.05) is 19.8 Å². The Balaban J connectivity index is 1.86. The van der Waals surface area contributed by atoms with Crippen LogP contribution in [0.3, 0.4) is 0 Å². The number of halogens is 1. The van der Waals surface area contributed by atoms with Crippen LogP contribution in [0.25, 0.3) is 11.1 Å². The van der Waals surface area contributed by atoms with Gasteiger partial charge in [0.05, 0.1) is 19.1 Å². The second kappa shape index (κ2) is 5.27. The number of ether oxygens (including phenoxy) is 1. The van der Waals surface area contributed by atoms with Crippen LogP contribution in [0.5, 0.6) is 0 Å². The molecule has 1 fully saturated rings. The van der Waals surface area contributed by atoms with Crippen LogP contribution < -0.4 is 5.32 Å². The third kappa shape index (κ3) is 2.48. The van der Waals surface area contributed by atoms with Gasteiger partial charge >= 0.3 is 0 Å². The molecule has 2 atom stereocenters. The van der Waals surface area contributed by atoms with Crippen LogP contribution in [0.4, 0.5) is 4.39 Å². The zero-order valence-electron chi connectivity index (χ0n) is 10.9. The average molecular weight is 264 g/mol. The Bertz CT molecular complexity index is 570. The number of aromatic nitrogens is 1. The van der Waals surface area contributed by atoms with Crippen molar-refractivity contribution in [2.45, 2.75) is 25.3 Å². The van der Waals surface area contributed by atoms with Crippen LogP contribution in [0.15, 0.2) is 22.6 Å². The highest BCUT2D eigenvalue weighted by Crippen LogP contribution is 2.28. The fraction of sp³-hybridized carbons (Fsp3) is 0.500. The van der Waals surface area contributed by atoms with E-state index in [2.05, 4.69) is 17.2 Å². The Morgan fingerprint density at radius 1 is 1.42 bits per heavy atom. The van der Waals surface area contributed by atoms with Crippen LogP contribution in [0.1, 0.15) is 25.2 Å². The Labute approximate surface area is 111 Å². The molecule has 0 saturated carbocycles. The minimum absolute atomic E-state index is 0.0991. The van der Waals surface area contributed by atoms with E-state index in [0.29, 0.717) is 30.2 Å². The first-order valence-electron chi connectivity index (χ1n) is 6.65. The van der Waals surface area contributed by atoms with E-state index in [1.807, 2.05) is 0 Å². The minimum Gasteiger partial charge on any atom is -0.440 e. The number of rotatable bonds is 4. The summed E-state index contributed by atoms with van der Waals surface area (Å²) in [6.45, 7) is 4.33. The smallest absolute Gasteiger partial charge is 0.202 e. The molecule has 1 aromatic carbocycles. The molecule has 1 aliphatic heterocycles. The molecule has 4 nitrogen and oxygen atoms in total. The molecule has 1 aromatic heterocycles. The zero-order valence-corrected chi connectivity index (χ0v) is 10.9. The van der Waals surface area contributed by atoms with Crippen molar-refractivity contribution in [3.05, 3.63) is 29.9 Å². The lowest BCUT2D eigenvalue weighted by molar-refractivity contribution is 0.186. The molecule has 0 aliphatic carbocycles. The van der Waals surface area contributed by atoms with Crippen molar-refractivity contribution in [3.63, 3.8) is 0 Å². The van der Waals surface area contributed by atoms with Gasteiger partial charge in [-0.05, 0) is 25.1 Å². The van der Waals surface area contributed by atoms with Gasteiger partial charge < -0.3 is 14.5 Å². The molecule has 0 bridgehead atoms. The van der Waals surface area contributed by atoms with Crippen LogP contribution in [0, 0.1) is 5.82 Å². The quantitative estimate of drug-likeness (QED) is 0.921. The summed E-state index contributed by atoms with van der Waals surface area (Å²) in [7, 11) is 0. The molecule has 2 heterocycles. The fourth-order valence-corrected chi connectivity index (χ4v) is 2.41. The Morgan fingerprint density at radius 3 is 3.16 bits per heavy atom. The summed E-state index contributed by atoms with van der Waals surface area (Å²) in [5.74, 6) is 0.435. The van der Waals surface area contributed by atoms with Gasteiger partial charge in [0, 0.05) is 12.1 Å². The molecule has 3 rings (SSSR count). The van der Waals surface area contributed by atoms with E-state index < -0.39 is 0 Å². The summed E-state index contributed by atoms with van der Waals surface area (Å²) >= 11 is 0. The second-order valence-electron chi connectivity index (χ2n) is 4.87. The minimum atomic E-state index is -0.296. The van der Waals surface area contributed by atoms with Crippen LogP contribution in [-0.2, 0) is 4.74 Å². The van der Waals surface area contributed by atoms with Crippen molar-refractivity contribution >= 4 is 11.1 Å². The fourth-order valence-electron chi connectivity index (χ4n) is 2.41. The lowest BCUT2D eigenvalue weighted by atomic mass is 10.0. The highest BCUT2D eigenvalue weighted by Gasteiger charge is 2.32. The Morgan fingerprint density at radius 2 is 2.32 bits per heavy atom. The van der Waals surface area contributed by atoms with Crippen molar-refractivity contribution in [3.8, 4) is 0 Å². The van der Waals surface area contributed by atoms with Gasteiger partial charge in [-0.25, -0.2) is 9.37 Å². The molecule has 2 unspecified atom stereocenters. The van der Waals surface area contributed by atoms with Gasteiger partial charge in [0.15, 0.2) is 5.58 Å². The molecule has 19 heavy (non-hydrogen) atoms. The highest BCUT2D eigenvalue weighted by atomic mass is 19.1. The summed E-state index contributed by atoms with van der Waals surface area (Å²) in [4.78, 5) is 4.39. The summed E-state index contributed by atoms with van der Waals surface area (Å²) in [5.41, 5.74) is 1.19. The molecule has 1 N–H and O–H groups in total. The summed E-state index contributed by atoms with van der Waals surface area (Å²) < 4.78 is 24.4. The second-order valence-corrected chi connectivity index (χ2v) is 4.87. The molecular weight excluding hydrogens is 247 g/mol. The predicted octanol–water partition coefficient (Wildman–Crippen LogP) is 2.45. The van der Waals surface area contributed by atoms with E-state index in [0.717, 1.165) is 13.0 Å². The zero-order chi connectivity index (χ0) is 13.2. The maximum absolute atomic E-state index is 13.1. The first kappa shape index (κ1) is 12.6. The monoisotopic (exact) mass is 264 g/mol. The van der Waals surface area contributed by atoms with Crippen LogP contribution in [-0.4, -0.2) is 30.8 Å². The number of fused-ring (bicyclic) bond motifs is 1. The topological polar surface area (TPSA) is 47.3 Å². The number of nitrogens with zero attached hydrogens (tertiary/aromatic N) is 1. The summed E-state index contributed by atoms with van der Waals surface area (Å²) in [5, 5.41) is 3.44. The molecule has 0 spiro atoms. The van der Waals surface area contributed by atoms with Crippen LogP contribution >= 0.6 is 0 Å². The normalized spacial score (nSPS) is 23.3. The van der Waals surface area contributed by atoms with Gasteiger partial charge in [-0.2, -0.15) is 0 Å². The number of hydrogen-bond acceptors (Lipinski definition) is 4. The van der Waals surface area contributed by atoms with E-state index >= 15 is 0 Å². The molecule has 2 aromatic rings. The average Bonchev–Trinajstić information content (AvgIpc) is 3.01. The van der Waals surface area contributed by atoms with Gasteiger partial charge in [0.25, 0.3) is 0 Å². The highest BCUT2D eigenvalue weighted by molar-refractivity contribution is 5.72. The maximum Gasteiger partial charge on any atom is 0.202 e.